The minimum absolute atomic E-state index is 0.299. The first-order valence-electron chi connectivity index (χ1n) is 15.4. The lowest BCUT2D eigenvalue weighted by atomic mass is 9.49. The molecule has 0 aliphatic heterocycles. The van der Waals surface area contributed by atoms with Gasteiger partial charge in [0.15, 0.2) is 0 Å². The molecule has 0 amide bonds. The quantitative estimate of drug-likeness (QED) is 0.242. The molecule has 0 heterocycles. The molecular weight excluding hydrogens is 504 g/mol. The summed E-state index contributed by atoms with van der Waals surface area (Å²) in [6.07, 6.45) is 14.1. The Balaban J connectivity index is 1.63. The fraction of sp³-hybridized carbons (Fsp3) is 0.190. The van der Waals surface area contributed by atoms with Gasteiger partial charge >= 0.3 is 0 Å². The van der Waals surface area contributed by atoms with Crippen molar-refractivity contribution in [3.63, 3.8) is 0 Å². The van der Waals surface area contributed by atoms with E-state index < -0.39 is 5.41 Å². The third-order valence-electron chi connectivity index (χ3n) is 10.3. The molecule has 204 valence electrons. The van der Waals surface area contributed by atoms with Crippen LogP contribution in [0.2, 0.25) is 0 Å². The highest BCUT2D eigenvalue weighted by molar-refractivity contribution is 5.91. The number of rotatable bonds is 3. The molecule has 0 heteroatoms. The summed E-state index contributed by atoms with van der Waals surface area (Å²) in [6.45, 7) is 8.83. The van der Waals surface area contributed by atoms with Gasteiger partial charge in [0.1, 0.15) is 0 Å². The van der Waals surface area contributed by atoms with Gasteiger partial charge in [-0.15, -0.1) is 0 Å². The Morgan fingerprint density at radius 1 is 0.643 bits per heavy atom. The molecular formula is C42H36. The Kier molecular flexibility index (Phi) is 5.60. The highest BCUT2D eigenvalue weighted by Gasteiger charge is 2.58. The second-order valence-electron chi connectivity index (χ2n) is 12.4. The maximum atomic E-state index is 4.41. The fourth-order valence-electron chi connectivity index (χ4n) is 8.73. The smallest absolute Gasteiger partial charge is 0.0707 e. The first-order valence-corrected chi connectivity index (χ1v) is 15.4. The second-order valence-corrected chi connectivity index (χ2v) is 12.4. The zero-order chi connectivity index (χ0) is 28.5. The Labute approximate surface area is 250 Å². The zero-order valence-corrected chi connectivity index (χ0v) is 24.6. The first kappa shape index (κ1) is 25.3. The third-order valence-corrected chi connectivity index (χ3v) is 10.3. The summed E-state index contributed by atoms with van der Waals surface area (Å²) in [5.41, 5.74) is 17.3. The molecule has 0 saturated heterocycles. The molecule has 4 aromatic rings. The summed E-state index contributed by atoms with van der Waals surface area (Å²) in [4.78, 5) is 0. The van der Waals surface area contributed by atoms with Crippen LogP contribution >= 0.6 is 0 Å². The Bertz CT molecular complexity index is 1910. The van der Waals surface area contributed by atoms with Gasteiger partial charge < -0.3 is 0 Å². The van der Waals surface area contributed by atoms with Crippen LogP contribution in [0, 0.1) is 6.92 Å². The fourth-order valence-corrected chi connectivity index (χ4v) is 8.73. The predicted octanol–water partition coefficient (Wildman–Crippen LogP) is 10.4. The molecule has 0 aromatic heterocycles. The van der Waals surface area contributed by atoms with Crippen molar-refractivity contribution in [1.29, 1.82) is 0 Å². The average Bonchev–Trinajstić information content (AvgIpc) is 3.33. The van der Waals surface area contributed by atoms with E-state index in [1.807, 2.05) is 0 Å². The lowest BCUT2D eigenvalue weighted by Gasteiger charge is -2.52. The molecule has 4 aliphatic rings. The summed E-state index contributed by atoms with van der Waals surface area (Å²) in [6, 6.07) is 36.9. The van der Waals surface area contributed by atoms with E-state index in [0.717, 1.165) is 31.3 Å². The Morgan fingerprint density at radius 3 is 2.12 bits per heavy atom. The summed E-state index contributed by atoms with van der Waals surface area (Å²) in [5, 5.41) is 0. The molecule has 42 heavy (non-hydrogen) atoms. The van der Waals surface area contributed by atoms with Gasteiger partial charge in [-0.25, -0.2) is 0 Å². The van der Waals surface area contributed by atoms with E-state index in [9.17, 15) is 0 Å². The molecule has 4 aliphatic carbocycles. The van der Waals surface area contributed by atoms with Gasteiger partial charge in [0.25, 0.3) is 0 Å². The van der Waals surface area contributed by atoms with Crippen molar-refractivity contribution in [3.8, 4) is 0 Å². The maximum absolute atomic E-state index is 4.41. The van der Waals surface area contributed by atoms with Crippen LogP contribution in [-0.4, -0.2) is 0 Å². The van der Waals surface area contributed by atoms with Gasteiger partial charge in [-0.05, 0) is 112 Å². The highest BCUT2D eigenvalue weighted by atomic mass is 14.6. The minimum atomic E-state index is -0.443. The van der Waals surface area contributed by atoms with Gasteiger partial charge in [0.2, 0.25) is 0 Å². The van der Waals surface area contributed by atoms with Crippen molar-refractivity contribution in [2.75, 3.05) is 0 Å². The van der Waals surface area contributed by atoms with Crippen LogP contribution in [0.25, 0.3) is 11.1 Å². The van der Waals surface area contributed by atoms with Crippen molar-refractivity contribution < 1.29 is 0 Å². The molecule has 0 nitrogen and oxygen atoms in total. The number of hydrogen-bond donors (Lipinski definition) is 0. The van der Waals surface area contributed by atoms with Crippen molar-refractivity contribution >= 4 is 11.1 Å². The van der Waals surface area contributed by atoms with Crippen LogP contribution in [0.15, 0.2) is 145 Å². The van der Waals surface area contributed by atoms with E-state index in [2.05, 4.69) is 142 Å². The van der Waals surface area contributed by atoms with Gasteiger partial charge in [-0.2, -0.15) is 0 Å². The third kappa shape index (κ3) is 3.13. The van der Waals surface area contributed by atoms with Gasteiger partial charge in [-0.3, -0.25) is 0 Å². The van der Waals surface area contributed by atoms with Gasteiger partial charge in [0.05, 0.1) is 10.8 Å². The Hall–Kier alpha value is -4.42. The monoisotopic (exact) mass is 540 g/mol. The first-order chi connectivity index (χ1) is 20.6. The van der Waals surface area contributed by atoms with Crippen LogP contribution in [0.4, 0.5) is 0 Å². The lowest BCUT2D eigenvalue weighted by Crippen LogP contribution is -2.46. The summed E-state index contributed by atoms with van der Waals surface area (Å²) >= 11 is 0. The van der Waals surface area contributed by atoms with Crippen molar-refractivity contribution in [2.24, 2.45) is 0 Å². The Morgan fingerprint density at radius 2 is 1.33 bits per heavy atom. The molecule has 0 bridgehead atoms. The van der Waals surface area contributed by atoms with Crippen molar-refractivity contribution in [2.45, 2.75) is 50.4 Å². The molecule has 0 saturated carbocycles. The van der Waals surface area contributed by atoms with Crippen LogP contribution in [-0.2, 0) is 10.8 Å². The van der Waals surface area contributed by atoms with Gasteiger partial charge in [0, 0.05) is 0 Å². The summed E-state index contributed by atoms with van der Waals surface area (Å²) in [5.74, 6) is 0. The topological polar surface area (TPSA) is 0 Å². The molecule has 0 fully saturated rings. The lowest BCUT2D eigenvalue weighted by molar-refractivity contribution is 0.578. The molecule has 0 N–H and O–H groups in total. The normalized spacial score (nSPS) is 23.5. The van der Waals surface area contributed by atoms with Crippen molar-refractivity contribution in [3.05, 3.63) is 189 Å². The largest absolute Gasteiger partial charge is 0.0955 e. The highest BCUT2D eigenvalue weighted by Crippen LogP contribution is 2.66. The number of benzene rings is 4. The molecule has 4 aromatic carbocycles. The van der Waals surface area contributed by atoms with Crippen LogP contribution in [0.5, 0.6) is 0 Å². The molecule has 8 rings (SSSR count). The maximum Gasteiger partial charge on any atom is 0.0707 e. The molecule has 1 spiro atoms. The van der Waals surface area contributed by atoms with Crippen LogP contribution in [0.3, 0.4) is 0 Å². The number of fused-ring (bicyclic) bond motifs is 7. The van der Waals surface area contributed by atoms with Gasteiger partial charge in [-0.1, -0.05) is 127 Å². The number of aryl methyl sites for hydroxylation is 1. The minimum Gasteiger partial charge on any atom is -0.0955 e. The molecule has 0 radical (unpaired) electrons. The summed E-state index contributed by atoms with van der Waals surface area (Å²) in [7, 11) is 0. The van der Waals surface area contributed by atoms with E-state index >= 15 is 0 Å². The van der Waals surface area contributed by atoms with E-state index in [4.69, 9.17) is 0 Å². The zero-order valence-electron chi connectivity index (χ0n) is 24.6. The van der Waals surface area contributed by atoms with Crippen LogP contribution < -0.4 is 0 Å². The standard InChI is InChI=1S/C42H36/c1-28(2)30-25-26-39-40(27-30)41(31-16-5-4-6-17-31,34-20-10-7-15-29(34)3)37-23-13-14-24-38(37)42(39)35-21-11-8-18-32(35)33-19-9-12-22-36(33)42/h4-8,10-13,15-18,20-23,25-27H,1,9,14,19,24H2,2-3H3. The van der Waals surface area contributed by atoms with Crippen molar-refractivity contribution in [1.82, 2.24) is 0 Å². The predicted molar refractivity (Wildman–Crippen MR) is 177 cm³/mol. The van der Waals surface area contributed by atoms with E-state index in [1.165, 1.54) is 61.2 Å². The van der Waals surface area contributed by atoms with Crippen LogP contribution in [0.1, 0.15) is 77.1 Å². The van der Waals surface area contributed by atoms with E-state index in [0.29, 0.717) is 0 Å². The summed E-state index contributed by atoms with van der Waals surface area (Å²) < 4.78 is 0. The SMILES string of the molecule is C=C(C)c1ccc2c(c1)C(c1ccccc1)(c1ccccc1C)C1=C(CCC=C1)C21C2=C(CCC=C2)c2ccccc21. The molecule has 2 atom stereocenters. The van der Waals surface area contributed by atoms with E-state index in [1.54, 1.807) is 5.57 Å². The second kappa shape index (κ2) is 9.30. The number of hydrogen-bond acceptors (Lipinski definition) is 0. The molecule has 2 unspecified atom stereocenters. The average molecular weight is 541 g/mol. The number of allylic oxidation sites excluding steroid dienone is 9. The van der Waals surface area contributed by atoms with E-state index in [-0.39, 0.29) is 5.41 Å².